The molecule has 2 rings (SSSR count). The molecule has 1 aromatic carbocycles. The van der Waals surface area contributed by atoms with Crippen molar-refractivity contribution in [1.82, 2.24) is 14.5 Å². The molecule has 0 aliphatic rings. The van der Waals surface area contributed by atoms with Gasteiger partial charge in [0.25, 0.3) is 5.91 Å². The quantitative estimate of drug-likeness (QED) is 0.846. The molecule has 1 heterocycles. The van der Waals surface area contributed by atoms with E-state index in [1.165, 1.54) is 6.20 Å². The van der Waals surface area contributed by atoms with E-state index in [1.807, 2.05) is 30.3 Å². The van der Waals surface area contributed by atoms with Gasteiger partial charge in [0.1, 0.15) is 4.88 Å². The lowest BCUT2D eigenvalue weighted by Gasteiger charge is -2.21. The Morgan fingerprint density at radius 1 is 1.24 bits per heavy atom. The van der Waals surface area contributed by atoms with E-state index in [1.54, 1.807) is 4.90 Å². The van der Waals surface area contributed by atoms with Gasteiger partial charge in [0.15, 0.2) is 0 Å². The van der Waals surface area contributed by atoms with E-state index in [-0.39, 0.29) is 12.3 Å². The molecular formula is C14H15N3O3S. The second-order valence-corrected chi connectivity index (χ2v) is 5.28. The molecule has 0 saturated heterocycles. The molecule has 1 N–H and O–H groups in total. The lowest BCUT2D eigenvalue weighted by atomic mass is 10.2. The first-order chi connectivity index (χ1) is 10.2. The predicted molar refractivity (Wildman–Crippen MR) is 78.0 cm³/mol. The number of aromatic nitrogens is 2. The number of amides is 1. The Morgan fingerprint density at radius 2 is 2.00 bits per heavy atom. The topological polar surface area (TPSA) is 83.4 Å². The van der Waals surface area contributed by atoms with Crippen LogP contribution in [0.5, 0.6) is 0 Å². The van der Waals surface area contributed by atoms with Crippen LogP contribution in [-0.2, 0) is 11.3 Å². The number of carboxylic acids is 1. The number of carboxylic acid groups (broad SMARTS) is 1. The molecule has 0 bridgehead atoms. The Bertz CT molecular complexity index is 587. The Labute approximate surface area is 126 Å². The molecular weight excluding hydrogens is 290 g/mol. The predicted octanol–water partition coefficient (Wildman–Crippen LogP) is 2.05. The summed E-state index contributed by atoms with van der Waals surface area (Å²) in [5.74, 6) is -1.03. The highest BCUT2D eigenvalue weighted by atomic mass is 32.1. The zero-order valence-electron chi connectivity index (χ0n) is 11.3. The van der Waals surface area contributed by atoms with Gasteiger partial charge < -0.3 is 10.0 Å². The van der Waals surface area contributed by atoms with Gasteiger partial charge in [-0.2, -0.15) is 0 Å². The van der Waals surface area contributed by atoms with Crippen molar-refractivity contribution >= 4 is 23.4 Å². The molecule has 0 radical (unpaired) electrons. The lowest BCUT2D eigenvalue weighted by Crippen LogP contribution is -2.31. The Balaban J connectivity index is 2.06. The molecule has 7 heteroatoms. The fourth-order valence-corrected chi connectivity index (χ4v) is 2.38. The first-order valence-corrected chi connectivity index (χ1v) is 7.26. The van der Waals surface area contributed by atoms with Crippen LogP contribution in [0.15, 0.2) is 36.5 Å². The minimum absolute atomic E-state index is 0.0412. The van der Waals surface area contributed by atoms with Crippen molar-refractivity contribution in [2.75, 3.05) is 6.54 Å². The van der Waals surface area contributed by atoms with Gasteiger partial charge in [0, 0.05) is 19.5 Å². The number of rotatable bonds is 7. The average Bonchev–Trinajstić information content (AvgIpc) is 3.00. The second-order valence-electron chi connectivity index (χ2n) is 4.49. The molecule has 0 aliphatic heterocycles. The number of carbonyl (C=O) groups is 2. The molecule has 1 aromatic heterocycles. The third-order valence-electron chi connectivity index (χ3n) is 2.89. The molecule has 0 fully saturated rings. The maximum absolute atomic E-state index is 12.4. The zero-order valence-corrected chi connectivity index (χ0v) is 12.1. The van der Waals surface area contributed by atoms with Crippen molar-refractivity contribution in [3.63, 3.8) is 0 Å². The molecule has 0 atom stereocenters. The van der Waals surface area contributed by atoms with Crippen LogP contribution in [-0.4, -0.2) is 38.0 Å². The van der Waals surface area contributed by atoms with Crippen molar-refractivity contribution in [2.45, 2.75) is 19.4 Å². The normalized spacial score (nSPS) is 10.3. The number of aliphatic carboxylic acids is 1. The first kappa shape index (κ1) is 15.1. The smallest absolute Gasteiger partial charge is 0.303 e. The molecule has 6 nitrogen and oxygen atoms in total. The number of carbonyl (C=O) groups excluding carboxylic acids is 1. The SMILES string of the molecule is O=C(O)CCCN(Cc1ccccc1)C(=O)c1cnns1. The van der Waals surface area contributed by atoms with E-state index in [9.17, 15) is 9.59 Å². The minimum atomic E-state index is -0.860. The van der Waals surface area contributed by atoms with Gasteiger partial charge in [-0.15, -0.1) is 5.10 Å². The van der Waals surface area contributed by atoms with Crippen molar-refractivity contribution < 1.29 is 14.7 Å². The number of benzene rings is 1. The van der Waals surface area contributed by atoms with Gasteiger partial charge in [-0.05, 0) is 23.5 Å². The third kappa shape index (κ3) is 4.64. The maximum atomic E-state index is 12.4. The number of nitrogens with zero attached hydrogens (tertiary/aromatic N) is 3. The highest BCUT2D eigenvalue weighted by Gasteiger charge is 2.18. The Kier molecular flexibility index (Phi) is 5.39. The maximum Gasteiger partial charge on any atom is 0.303 e. The zero-order chi connectivity index (χ0) is 15.1. The van der Waals surface area contributed by atoms with Gasteiger partial charge in [-0.25, -0.2) is 0 Å². The highest BCUT2D eigenvalue weighted by molar-refractivity contribution is 7.07. The highest BCUT2D eigenvalue weighted by Crippen LogP contribution is 2.12. The molecule has 0 aliphatic carbocycles. The van der Waals surface area contributed by atoms with Crippen molar-refractivity contribution in [2.24, 2.45) is 0 Å². The second kappa shape index (κ2) is 7.49. The summed E-state index contributed by atoms with van der Waals surface area (Å²) in [6.07, 6.45) is 1.89. The molecule has 21 heavy (non-hydrogen) atoms. The van der Waals surface area contributed by atoms with E-state index < -0.39 is 5.97 Å². The van der Waals surface area contributed by atoms with Crippen LogP contribution < -0.4 is 0 Å². The third-order valence-corrected chi connectivity index (χ3v) is 3.55. The summed E-state index contributed by atoms with van der Waals surface area (Å²) in [6, 6.07) is 9.59. The molecule has 0 spiro atoms. The van der Waals surface area contributed by atoms with Gasteiger partial charge in [-0.3, -0.25) is 9.59 Å². The van der Waals surface area contributed by atoms with Crippen molar-refractivity contribution in [3.05, 3.63) is 47.0 Å². The van der Waals surface area contributed by atoms with Gasteiger partial charge in [0.05, 0.1) is 6.20 Å². The largest absolute Gasteiger partial charge is 0.481 e. The van der Waals surface area contributed by atoms with E-state index in [0.717, 1.165) is 17.1 Å². The molecule has 1 amide bonds. The van der Waals surface area contributed by atoms with E-state index in [4.69, 9.17) is 5.11 Å². The van der Waals surface area contributed by atoms with Crippen molar-refractivity contribution in [1.29, 1.82) is 0 Å². The van der Waals surface area contributed by atoms with Crippen LogP contribution >= 0.6 is 11.5 Å². The molecule has 110 valence electrons. The first-order valence-electron chi connectivity index (χ1n) is 6.49. The summed E-state index contributed by atoms with van der Waals surface area (Å²) in [5.41, 5.74) is 0.999. The summed E-state index contributed by atoms with van der Waals surface area (Å²) in [6.45, 7) is 0.828. The fraction of sp³-hybridized carbons (Fsp3) is 0.286. The lowest BCUT2D eigenvalue weighted by molar-refractivity contribution is -0.137. The monoisotopic (exact) mass is 305 g/mol. The van der Waals surface area contributed by atoms with Crippen LogP contribution in [0.3, 0.4) is 0 Å². The molecule has 0 unspecified atom stereocenters. The molecule has 2 aromatic rings. The summed E-state index contributed by atoms with van der Waals surface area (Å²) in [5, 5.41) is 12.4. The number of hydrogen-bond donors (Lipinski definition) is 1. The van der Waals surface area contributed by atoms with Crippen LogP contribution in [0.2, 0.25) is 0 Å². The van der Waals surface area contributed by atoms with E-state index >= 15 is 0 Å². The van der Waals surface area contributed by atoms with Gasteiger partial charge >= 0.3 is 5.97 Å². The number of hydrogen-bond acceptors (Lipinski definition) is 5. The summed E-state index contributed by atoms with van der Waals surface area (Å²) in [7, 11) is 0. The fourth-order valence-electron chi connectivity index (χ4n) is 1.89. The standard InChI is InChI=1S/C14H15N3O3S/c18-13(19)7-4-8-17(10-11-5-2-1-3-6-11)14(20)12-9-15-16-21-12/h1-3,5-6,9H,4,7-8,10H2,(H,18,19). The Morgan fingerprint density at radius 3 is 2.62 bits per heavy atom. The van der Waals surface area contributed by atoms with E-state index in [0.29, 0.717) is 24.4 Å². The van der Waals surface area contributed by atoms with Crippen LogP contribution in [0.25, 0.3) is 0 Å². The van der Waals surface area contributed by atoms with Gasteiger partial charge in [0.2, 0.25) is 0 Å². The van der Waals surface area contributed by atoms with Crippen LogP contribution in [0.1, 0.15) is 28.1 Å². The van der Waals surface area contributed by atoms with Crippen molar-refractivity contribution in [3.8, 4) is 0 Å². The summed E-state index contributed by atoms with van der Waals surface area (Å²) in [4.78, 5) is 25.1. The average molecular weight is 305 g/mol. The van der Waals surface area contributed by atoms with Crippen LogP contribution in [0, 0.1) is 0 Å². The molecule has 0 saturated carbocycles. The summed E-state index contributed by atoms with van der Waals surface area (Å²) < 4.78 is 3.69. The van der Waals surface area contributed by atoms with Gasteiger partial charge in [-0.1, -0.05) is 34.8 Å². The minimum Gasteiger partial charge on any atom is -0.481 e. The summed E-state index contributed by atoms with van der Waals surface area (Å²) >= 11 is 1.04. The van der Waals surface area contributed by atoms with E-state index in [2.05, 4.69) is 9.59 Å². The Hall–Kier alpha value is -2.28. The van der Waals surface area contributed by atoms with Crippen LogP contribution in [0.4, 0.5) is 0 Å².